The van der Waals surface area contributed by atoms with Crippen molar-refractivity contribution in [1.29, 1.82) is 0 Å². The average molecular weight is 279 g/mol. The lowest BCUT2D eigenvalue weighted by molar-refractivity contribution is -0.143. The predicted molar refractivity (Wildman–Crippen MR) is 83.9 cm³/mol. The Hall–Kier alpha value is -2.09. The van der Waals surface area contributed by atoms with Crippen LogP contribution in [0.3, 0.4) is 0 Å². The highest BCUT2D eigenvalue weighted by atomic mass is 16.5. The van der Waals surface area contributed by atoms with E-state index in [2.05, 4.69) is 36.4 Å². The summed E-state index contributed by atoms with van der Waals surface area (Å²) in [5.74, 6) is 1.09. The maximum atomic E-state index is 11.8. The van der Waals surface area contributed by atoms with E-state index in [1.165, 1.54) is 22.3 Å². The Morgan fingerprint density at radius 3 is 2.00 bits per heavy atom. The van der Waals surface area contributed by atoms with E-state index < -0.39 is 0 Å². The molecule has 2 nitrogen and oxygen atoms in total. The van der Waals surface area contributed by atoms with Gasteiger partial charge in [-0.15, -0.1) is 0 Å². The van der Waals surface area contributed by atoms with Crippen LogP contribution in [0.2, 0.25) is 0 Å². The first-order chi connectivity index (χ1) is 10.2. The number of esters is 1. The monoisotopic (exact) mass is 279 g/mol. The van der Waals surface area contributed by atoms with Crippen LogP contribution in [-0.4, -0.2) is 12.6 Å². The number of ether oxygens (including phenoxy) is 1. The second-order valence-electron chi connectivity index (χ2n) is 5.79. The number of hydrogen-bond acceptors (Lipinski definition) is 2. The third-order valence-electron chi connectivity index (χ3n) is 3.87. The zero-order valence-electron chi connectivity index (χ0n) is 12.4. The fourth-order valence-electron chi connectivity index (χ4n) is 2.96. The van der Waals surface area contributed by atoms with E-state index in [9.17, 15) is 4.79 Å². The van der Waals surface area contributed by atoms with E-state index in [4.69, 9.17) is 4.74 Å². The molecular formula is C19H19O2. The highest BCUT2D eigenvalue weighted by molar-refractivity contribution is 5.79. The Labute approximate surface area is 125 Å². The van der Waals surface area contributed by atoms with Gasteiger partial charge in [0, 0.05) is 5.92 Å². The Morgan fingerprint density at radius 2 is 1.48 bits per heavy atom. The van der Waals surface area contributed by atoms with Gasteiger partial charge < -0.3 is 4.74 Å². The molecule has 0 saturated carbocycles. The van der Waals surface area contributed by atoms with Crippen LogP contribution in [0, 0.1) is 5.92 Å². The first-order valence-corrected chi connectivity index (χ1v) is 7.29. The SMILES string of the molecule is C[C](C)CC(=O)OCC1c2ccccc2-c2ccccc21. The van der Waals surface area contributed by atoms with Gasteiger partial charge in [-0.1, -0.05) is 62.4 Å². The summed E-state index contributed by atoms with van der Waals surface area (Å²) < 4.78 is 5.49. The van der Waals surface area contributed by atoms with Gasteiger partial charge in [-0.2, -0.15) is 0 Å². The summed E-state index contributed by atoms with van der Waals surface area (Å²) in [5, 5.41) is 0. The van der Waals surface area contributed by atoms with Crippen LogP contribution in [0.5, 0.6) is 0 Å². The maximum absolute atomic E-state index is 11.8. The smallest absolute Gasteiger partial charge is 0.306 e. The third kappa shape index (κ3) is 2.71. The van der Waals surface area contributed by atoms with Crippen molar-refractivity contribution in [3.63, 3.8) is 0 Å². The molecule has 1 radical (unpaired) electrons. The normalized spacial score (nSPS) is 13.1. The maximum Gasteiger partial charge on any atom is 0.306 e. The first kappa shape index (κ1) is 13.9. The Bertz CT molecular complexity index is 613. The molecule has 2 aromatic carbocycles. The van der Waals surface area contributed by atoms with Crippen LogP contribution in [-0.2, 0) is 9.53 Å². The van der Waals surface area contributed by atoms with Crippen molar-refractivity contribution in [1.82, 2.24) is 0 Å². The molecule has 0 saturated heterocycles. The topological polar surface area (TPSA) is 26.3 Å². The second-order valence-corrected chi connectivity index (χ2v) is 5.79. The highest BCUT2D eigenvalue weighted by Gasteiger charge is 2.28. The minimum atomic E-state index is -0.142. The van der Waals surface area contributed by atoms with Gasteiger partial charge in [0.2, 0.25) is 0 Å². The minimum absolute atomic E-state index is 0.142. The number of fused-ring (bicyclic) bond motifs is 3. The van der Waals surface area contributed by atoms with Gasteiger partial charge in [-0.3, -0.25) is 4.79 Å². The number of carbonyl (C=O) groups is 1. The van der Waals surface area contributed by atoms with Crippen molar-refractivity contribution in [2.24, 2.45) is 0 Å². The summed E-state index contributed by atoms with van der Waals surface area (Å²) in [6.45, 7) is 4.31. The number of hydrogen-bond donors (Lipinski definition) is 0. The lowest BCUT2D eigenvalue weighted by Crippen LogP contribution is -2.13. The number of carbonyl (C=O) groups excluding carboxylic acids is 1. The Kier molecular flexibility index (Phi) is 3.78. The Balaban J connectivity index is 1.84. The summed E-state index contributed by atoms with van der Waals surface area (Å²) in [5.41, 5.74) is 5.02. The summed E-state index contributed by atoms with van der Waals surface area (Å²) in [6, 6.07) is 16.7. The van der Waals surface area contributed by atoms with E-state index in [0.29, 0.717) is 13.0 Å². The Morgan fingerprint density at radius 1 is 0.952 bits per heavy atom. The molecule has 0 heterocycles. The van der Waals surface area contributed by atoms with Crippen molar-refractivity contribution in [2.75, 3.05) is 6.61 Å². The van der Waals surface area contributed by atoms with Crippen molar-refractivity contribution in [2.45, 2.75) is 26.2 Å². The van der Waals surface area contributed by atoms with Gasteiger partial charge in [-0.25, -0.2) is 0 Å². The molecule has 0 aromatic heterocycles. The average Bonchev–Trinajstić information content (AvgIpc) is 2.79. The fourth-order valence-corrected chi connectivity index (χ4v) is 2.96. The number of rotatable bonds is 4. The summed E-state index contributed by atoms with van der Waals surface area (Å²) in [4.78, 5) is 11.8. The van der Waals surface area contributed by atoms with Crippen LogP contribution in [0.1, 0.15) is 37.3 Å². The molecule has 21 heavy (non-hydrogen) atoms. The largest absolute Gasteiger partial charge is 0.465 e. The van der Waals surface area contributed by atoms with Crippen LogP contribution in [0.15, 0.2) is 48.5 Å². The van der Waals surface area contributed by atoms with Gasteiger partial charge in [0.25, 0.3) is 0 Å². The van der Waals surface area contributed by atoms with Crippen molar-refractivity contribution in [3.8, 4) is 11.1 Å². The molecule has 0 fully saturated rings. The molecule has 2 aromatic rings. The van der Waals surface area contributed by atoms with E-state index in [0.717, 1.165) is 5.92 Å². The summed E-state index contributed by atoms with van der Waals surface area (Å²) >= 11 is 0. The fraction of sp³-hybridized carbons (Fsp3) is 0.263. The zero-order valence-corrected chi connectivity index (χ0v) is 12.4. The molecular weight excluding hydrogens is 260 g/mol. The molecule has 3 rings (SSSR count). The predicted octanol–water partition coefficient (Wildman–Crippen LogP) is 4.35. The van der Waals surface area contributed by atoms with Crippen LogP contribution in [0.4, 0.5) is 0 Å². The van der Waals surface area contributed by atoms with Crippen molar-refractivity contribution in [3.05, 3.63) is 65.6 Å². The molecule has 1 aliphatic carbocycles. The molecule has 2 heteroatoms. The van der Waals surface area contributed by atoms with Crippen LogP contribution in [0.25, 0.3) is 11.1 Å². The van der Waals surface area contributed by atoms with Gasteiger partial charge in [0.15, 0.2) is 0 Å². The molecule has 1 aliphatic rings. The molecule has 0 aliphatic heterocycles. The standard InChI is InChI=1S/C19H19O2/c1-13(2)11-19(20)21-12-18-16-9-5-3-7-14(16)15-8-4-6-10-17(15)18/h3-10,18H,11-12H2,1-2H3. The lowest BCUT2D eigenvalue weighted by atomic mass is 9.98. The second kappa shape index (κ2) is 5.72. The summed E-state index contributed by atoms with van der Waals surface area (Å²) in [6.07, 6.45) is 0.399. The highest BCUT2D eigenvalue weighted by Crippen LogP contribution is 2.44. The summed E-state index contributed by atoms with van der Waals surface area (Å²) in [7, 11) is 0. The van der Waals surface area contributed by atoms with E-state index in [1.807, 2.05) is 26.0 Å². The quantitative estimate of drug-likeness (QED) is 0.778. The van der Waals surface area contributed by atoms with E-state index in [-0.39, 0.29) is 11.9 Å². The molecule has 107 valence electrons. The minimum Gasteiger partial charge on any atom is -0.465 e. The molecule has 0 N–H and O–H groups in total. The van der Waals surface area contributed by atoms with E-state index in [1.54, 1.807) is 0 Å². The van der Waals surface area contributed by atoms with Gasteiger partial charge in [0.05, 0.1) is 6.42 Å². The number of benzene rings is 2. The van der Waals surface area contributed by atoms with E-state index >= 15 is 0 Å². The molecule has 0 amide bonds. The molecule has 0 bridgehead atoms. The van der Waals surface area contributed by atoms with Crippen LogP contribution < -0.4 is 0 Å². The lowest BCUT2D eigenvalue weighted by Gasteiger charge is -2.14. The molecule has 0 atom stereocenters. The molecule has 0 unspecified atom stereocenters. The van der Waals surface area contributed by atoms with Gasteiger partial charge in [0.1, 0.15) is 6.61 Å². The zero-order chi connectivity index (χ0) is 14.8. The van der Waals surface area contributed by atoms with Crippen LogP contribution >= 0.6 is 0 Å². The van der Waals surface area contributed by atoms with Gasteiger partial charge in [-0.05, 0) is 28.2 Å². The first-order valence-electron chi connectivity index (χ1n) is 7.29. The van der Waals surface area contributed by atoms with Gasteiger partial charge >= 0.3 is 5.97 Å². The van der Waals surface area contributed by atoms with Crippen molar-refractivity contribution < 1.29 is 9.53 Å². The van der Waals surface area contributed by atoms with Crippen molar-refractivity contribution >= 4 is 5.97 Å². The molecule has 0 spiro atoms. The third-order valence-corrected chi connectivity index (χ3v) is 3.87.